The lowest BCUT2D eigenvalue weighted by Gasteiger charge is -2.49. The maximum absolute atomic E-state index is 10.3. The van der Waals surface area contributed by atoms with Gasteiger partial charge in [0, 0.05) is 17.8 Å². The molecule has 5 unspecified atom stereocenters. The normalized spacial score (nSPS) is 51.3. The van der Waals surface area contributed by atoms with Gasteiger partial charge in [0.15, 0.2) is 0 Å². The van der Waals surface area contributed by atoms with Crippen LogP contribution in [0.25, 0.3) is 0 Å². The molecular formula is C16H32N2O2+2. The van der Waals surface area contributed by atoms with Crippen molar-refractivity contribution in [3.63, 3.8) is 0 Å². The molecule has 2 N–H and O–H groups in total. The van der Waals surface area contributed by atoms with Crippen LogP contribution in [0.1, 0.15) is 12.8 Å². The number of rotatable bonds is 3. The Hall–Kier alpha value is -0.160. The molecule has 4 fully saturated rings. The van der Waals surface area contributed by atoms with Gasteiger partial charge in [0.2, 0.25) is 0 Å². The predicted octanol–water partition coefficient (Wildman–Crippen LogP) is 0.147. The highest BCUT2D eigenvalue weighted by molar-refractivity contribution is 5.03. The number of quaternary nitrogens is 2. The summed E-state index contributed by atoms with van der Waals surface area (Å²) in [4.78, 5) is 0. The molecule has 20 heavy (non-hydrogen) atoms. The molecule has 4 heteroatoms. The first-order chi connectivity index (χ1) is 9.19. The topological polar surface area (TPSA) is 40.5 Å². The van der Waals surface area contributed by atoms with Crippen LogP contribution in [0.5, 0.6) is 0 Å². The first-order valence-electron chi connectivity index (χ1n) is 8.19. The molecule has 5 atom stereocenters. The molecule has 4 rings (SSSR count). The van der Waals surface area contributed by atoms with E-state index in [1.165, 1.54) is 19.6 Å². The fourth-order valence-electron chi connectivity index (χ4n) is 5.20. The van der Waals surface area contributed by atoms with Crippen LogP contribution in [0.4, 0.5) is 0 Å². The Bertz CT molecular complexity index is 369. The van der Waals surface area contributed by atoms with Gasteiger partial charge >= 0.3 is 0 Å². The molecule has 0 aromatic rings. The van der Waals surface area contributed by atoms with E-state index >= 15 is 0 Å². The van der Waals surface area contributed by atoms with Gasteiger partial charge in [0.1, 0.15) is 13.1 Å². The minimum atomic E-state index is -0.255. The second-order valence-electron chi connectivity index (χ2n) is 8.99. The minimum absolute atomic E-state index is 0.147. The van der Waals surface area contributed by atoms with Crippen LogP contribution < -0.4 is 0 Å². The van der Waals surface area contributed by atoms with Gasteiger partial charge in [-0.3, -0.25) is 0 Å². The molecule has 0 amide bonds. The summed E-state index contributed by atoms with van der Waals surface area (Å²) in [5.74, 6) is 1.99. The van der Waals surface area contributed by atoms with Gasteiger partial charge in [-0.05, 0) is 18.8 Å². The molecular weight excluding hydrogens is 252 g/mol. The number of likely N-dealkylation sites (N-methyl/N-ethyl adjacent to an activating group) is 2. The number of aliphatic hydroxyl groups excluding tert-OH is 2. The smallest absolute Gasteiger partial charge is 0.128 e. The van der Waals surface area contributed by atoms with Crippen molar-refractivity contribution in [2.24, 2.45) is 23.7 Å². The number of hydrogen-bond acceptors (Lipinski definition) is 2. The quantitative estimate of drug-likeness (QED) is 0.724. The molecule has 116 valence electrons. The standard InChI is InChI=1S/C16H32N2O2/c1-17(2,3)5-6-18(4)9-12-11-7-14(19)16(13(12)10-18)15(20)8-11/h11-16,19-20H,5-10H2,1-4H3/q+2. The van der Waals surface area contributed by atoms with Crippen molar-refractivity contribution in [1.82, 2.24) is 0 Å². The average molecular weight is 284 g/mol. The average Bonchev–Trinajstić information content (AvgIpc) is 2.65. The van der Waals surface area contributed by atoms with E-state index in [9.17, 15) is 10.2 Å². The fourth-order valence-corrected chi connectivity index (χ4v) is 5.20. The van der Waals surface area contributed by atoms with Crippen molar-refractivity contribution in [2.75, 3.05) is 54.4 Å². The summed E-state index contributed by atoms with van der Waals surface area (Å²) in [7, 11) is 9.15. The van der Waals surface area contributed by atoms with Gasteiger partial charge in [-0.2, -0.15) is 0 Å². The Balaban J connectivity index is 1.72. The minimum Gasteiger partial charge on any atom is -0.393 e. The summed E-state index contributed by atoms with van der Waals surface area (Å²) in [6.45, 7) is 4.81. The van der Waals surface area contributed by atoms with Crippen LogP contribution in [0.3, 0.4) is 0 Å². The van der Waals surface area contributed by atoms with E-state index in [0.29, 0.717) is 11.8 Å². The number of hydrogen-bond donors (Lipinski definition) is 2. The van der Waals surface area contributed by atoms with E-state index in [0.717, 1.165) is 34.3 Å². The molecule has 2 bridgehead atoms. The molecule has 4 nitrogen and oxygen atoms in total. The van der Waals surface area contributed by atoms with E-state index in [-0.39, 0.29) is 18.1 Å². The lowest BCUT2D eigenvalue weighted by Crippen LogP contribution is -2.54. The molecule has 4 aliphatic rings. The molecule has 1 saturated heterocycles. The van der Waals surface area contributed by atoms with Crippen molar-refractivity contribution < 1.29 is 19.2 Å². The second kappa shape index (κ2) is 4.67. The van der Waals surface area contributed by atoms with Crippen molar-refractivity contribution in [3.8, 4) is 0 Å². The molecule has 0 spiro atoms. The largest absolute Gasteiger partial charge is 0.393 e. The zero-order valence-electron chi connectivity index (χ0n) is 13.5. The van der Waals surface area contributed by atoms with Gasteiger partial charge in [-0.15, -0.1) is 0 Å². The molecule has 0 aromatic heterocycles. The second-order valence-corrected chi connectivity index (χ2v) is 8.99. The summed E-state index contributed by atoms with van der Waals surface area (Å²) in [5, 5.41) is 20.6. The molecule has 3 aliphatic carbocycles. The van der Waals surface area contributed by atoms with Crippen LogP contribution >= 0.6 is 0 Å². The van der Waals surface area contributed by atoms with E-state index in [1.54, 1.807) is 0 Å². The number of fused-ring (bicyclic) bond motifs is 2. The van der Waals surface area contributed by atoms with E-state index in [1.807, 2.05) is 0 Å². The highest BCUT2D eigenvalue weighted by Gasteiger charge is 2.59. The van der Waals surface area contributed by atoms with Gasteiger partial charge in [0.05, 0.1) is 53.5 Å². The first-order valence-corrected chi connectivity index (χ1v) is 8.19. The maximum atomic E-state index is 10.3. The van der Waals surface area contributed by atoms with Crippen LogP contribution in [0, 0.1) is 23.7 Å². The van der Waals surface area contributed by atoms with Crippen LogP contribution in [-0.2, 0) is 0 Å². The molecule has 0 aromatic carbocycles. The molecule has 1 heterocycles. The van der Waals surface area contributed by atoms with Gasteiger partial charge in [-0.1, -0.05) is 0 Å². The third-order valence-corrected chi connectivity index (χ3v) is 6.24. The number of likely N-dealkylation sites (tertiary alicyclic amines) is 1. The highest BCUT2D eigenvalue weighted by atomic mass is 16.3. The molecule has 1 aliphatic heterocycles. The number of nitrogens with zero attached hydrogens (tertiary/aromatic N) is 2. The Kier molecular flexibility index (Phi) is 3.45. The Labute approximate surface area is 123 Å². The SMILES string of the molecule is C[N+](C)(C)CC[N+]1(C)CC2C3CC(O)C(C(O)C3)C2C1. The predicted molar refractivity (Wildman–Crippen MR) is 78.9 cm³/mol. The van der Waals surface area contributed by atoms with Gasteiger partial charge in [-0.25, -0.2) is 0 Å². The van der Waals surface area contributed by atoms with Crippen molar-refractivity contribution >= 4 is 0 Å². The first kappa shape index (κ1) is 14.8. The molecule has 3 saturated carbocycles. The molecule has 0 radical (unpaired) electrons. The lowest BCUT2D eigenvalue weighted by molar-refractivity contribution is -0.943. The summed E-state index contributed by atoms with van der Waals surface area (Å²) in [6.07, 6.45) is 1.35. The lowest BCUT2D eigenvalue weighted by atomic mass is 9.57. The van der Waals surface area contributed by atoms with Gasteiger partial charge < -0.3 is 19.2 Å². The van der Waals surface area contributed by atoms with Crippen molar-refractivity contribution in [3.05, 3.63) is 0 Å². The van der Waals surface area contributed by atoms with E-state index < -0.39 is 0 Å². The van der Waals surface area contributed by atoms with Crippen molar-refractivity contribution in [2.45, 2.75) is 25.0 Å². The summed E-state index contributed by atoms with van der Waals surface area (Å²) in [5.41, 5.74) is 0. The third-order valence-electron chi connectivity index (χ3n) is 6.24. The zero-order chi connectivity index (χ0) is 14.7. The highest BCUT2D eigenvalue weighted by Crippen LogP contribution is 2.53. The monoisotopic (exact) mass is 284 g/mol. The van der Waals surface area contributed by atoms with Crippen LogP contribution in [0.15, 0.2) is 0 Å². The summed E-state index contributed by atoms with van der Waals surface area (Å²) in [6, 6.07) is 0. The fraction of sp³-hybridized carbons (Fsp3) is 1.00. The number of aliphatic hydroxyl groups is 2. The Morgan fingerprint density at radius 1 is 1.00 bits per heavy atom. The Morgan fingerprint density at radius 2 is 1.55 bits per heavy atom. The Morgan fingerprint density at radius 3 is 2.10 bits per heavy atom. The zero-order valence-corrected chi connectivity index (χ0v) is 13.5. The van der Waals surface area contributed by atoms with Crippen LogP contribution in [0.2, 0.25) is 0 Å². The van der Waals surface area contributed by atoms with Gasteiger partial charge in [0.25, 0.3) is 0 Å². The summed E-state index contributed by atoms with van der Waals surface area (Å²) >= 11 is 0. The van der Waals surface area contributed by atoms with Crippen molar-refractivity contribution in [1.29, 1.82) is 0 Å². The summed E-state index contributed by atoms with van der Waals surface area (Å²) < 4.78 is 2.15. The van der Waals surface area contributed by atoms with E-state index in [2.05, 4.69) is 28.2 Å². The van der Waals surface area contributed by atoms with Crippen LogP contribution in [-0.4, -0.2) is 85.8 Å². The van der Waals surface area contributed by atoms with E-state index in [4.69, 9.17) is 0 Å². The third kappa shape index (κ3) is 2.52. The maximum Gasteiger partial charge on any atom is 0.128 e.